The summed E-state index contributed by atoms with van der Waals surface area (Å²) in [7, 11) is 0. The van der Waals surface area contributed by atoms with Crippen molar-refractivity contribution in [2.45, 2.75) is 30.9 Å². The standard InChI is InChI=1S/C23H28N2O4S/c1-2-12-28-19-9-6-10-20(14-19)29-13-11-24-21(26)16-25-22(27)15-23(25)30-17-18-7-4-3-5-8-18/h3-10,14,23H,2,11-13,15-17H2,1H3,(H,24,26). The van der Waals surface area contributed by atoms with E-state index in [1.54, 1.807) is 16.7 Å². The van der Waals surface area contributed by atoms with Crippen molar-refractivity contribution in [1.29, 1.82) is 0 Å². The van der Waals surface area contributed by atoms with Gasteiger partial charge >= 0.3 is 0 Å². The number of hydrogen-bond donors (Lipinski definition) is 1. The highest BCUT2D eigenvalue weighted by Crippen LogP contribution is 2.31. The predicted molar refractivity (Wildman–Crippen MR) is 119 cm³/mol. The van der Waals surface area contributed by atoms with Gasteiger partial charge in [0, 0.05) is 11.8 Å². The summed E-state index contributed by atoms with van der Waals surface area (Å²) in [5, 5.41) is 2.88. The number of benzene rings is 2. The molecule has 1 N–H and O–H groups in total. The molecule has 0 spiro atoms. The molecule has 7 heteroatoms. The molecule has 1 atom stereocenters. The summed E-state index contributed by atoms with van der Waals surface area (Å²) in [5.74, 6) is 2.15. The molecule has 1 heterocycles. The summed E-state index contributed by atoms with van der Waals surface area (Å²) in [5.41, 5.74) is 1.22. The molecule has 2 amide bonds. The Morgan fingerprint density at radius 2 is 1.83 bits per heavy atom. The maximum Gasteiger partial charge on any atom is 0.239 e. The maximum absolute atomic E-state index is 12.2. The van der Waals surface area contributed by atoms with E-state index in [1.807, 2.05) is 42.5 Å². The molecular weight excluding hydrogens is 400 g/mol. The minimum absolute atomic E-state index is 0.0239. The second kappa shape index (κ2) is 11.5. The lowest BCUT2D eigenvalue weighted by molar-refractivity contribution is -0.145. The molecule has 2 aromatic rings. The number of nitrogens with one attached hydrogen (secondary N) is 1. The number of rotatable bonds is 12. The van der Waals surface area contributed by atoms with Crippen molar-refractivity contribution in [2.24, 2.45) is 0 Å². The zero-order valence-corrected chi connectivity index (χ0v) is 18.0. The highest BCUT2D eigenvalue weighted by atomic mass is 32.2. The molecule has 0 bridgehead atoms. The predicted octanol–water partition coefficient (Wildman–Crippen LogP) is 3.46. The highest BCUT2D eigenvalue weighted by molar-refractivity contribution is 7.99. The third-order valence-corrected chi connectivity index (χ3v) is 5.89. The summed E-state index contributed by atoms with van der Waals surface area (Å²) in [6.45, 7) is 3.54. The first-order valence-electron chi connectivity index (χ1n) is 10.2. The first-order chi connectivity index (χ1) is 14.7. The van der Waals surface area contributed by atoms with Crippen LogP contribution in [0.25, 0.3) is 0 Å². The Labute approximate surface area is 181 Å². The van der Waals surface area contributed by atoms with Crippen LogP contribution < -0.4 is 14.8 Å². The lowest BCUT2D eigenvalue weighted by Gasteiger charge is -2.39. The van der Waals surface area contributed by atoms with Crippen molar-refractivity contribution >= 4 is 23.6 Å². The van der Waals surface area contributed by atoms with Crippen molar-refractivity contribution in [3.63, 3.8) is 0 Å². The number of carbonyl (C=O) groups is 2. The Hall–Kier alpha value is -2.67. The van der Waals surface area contributed by atoms with E-state index in [0.29, 0.717) is 31.9 Å². The number of likely N-dealkylation sites (tertiary alicyclic amines) is 1. The minimum Gasteiger partial charge on any atom is -0.493 e. The van der Waals surface area contributed by atoms with Crippen molar-refractivity contribution in [1.82, 2.24) is 10.2 Å². The fourth-order valence-electron chi connectivity index (χ4n) is 2.97. The number of β-lactam (4-membered cyclic amide) rings is 1. The second-order valence-corrected chi connectivity index (χ2v) is 8.16. The number of thioether (sulfide) groups is 1. The Morgan fingerprint density at radius 1 is 1.10 bits per heavy atom. The second-order valence-electron chi connectivity index (χ2n) is 7.00. The summed E-state index contributed by atoms with van der Waals surface area (Å²) >= 11 is 1.69. The quantitative estimate of drug-likeness (QED) is 0.414. The van der Waals surface area contributed by atoms with E-state index in [4.69, 9.17) is 9.47 Å². The molecule has 160 valence electrons. The first kappa shape index (κ1) is 22.0. The largest absolute Gasteiger partial charge is 0.493 e. The summed E-state index contributed by atoms with van der Waals surface area (Å²) < 4.78 is 11.3. The zero-order chi connectivity index (χ0) is 21.2. The van der Waals surface area contributed by atoms with Crippen LogP contribution in [0, 0.1) is 0 Å². The molecule has 0 radical (unpaired) electrons. The van der Waals surface area contributed by atoms with Gasteiger partial charge in [-0.25, -0.2) is 0 Å². The molecule has 1 aliphatic heterocycles. The smallest absolute Gasteiger partial charge is 0.239 e. The van der Waals surface area contributed by atoms with Gasteiger partial charge in [-0.2, -0.15) is 0 Å². The molecule has 1 fully saturated rings. The van der Waals surface area contributed by atoms with Gasteiger partial charge in [-0.05, 0) is 24.1 Å². The van der Waals surface area contributed by atoms with Gasteiger partial charge in [-0.15, -0.1) is 11.8 Å². The minimum atomic E-state index is -0.169. The Morgan fingerprint density at radius 3 is 2.53 bits per heavy atom. The third-order valence-electron chi connectivity index (χ3n) is 4.59. The Bertz CT molecular complexity index is 831. The molecule has 3 rings (SSSR count). The van der Waals surface area contributed by atoms with Crippen LogP contribution in [-0.2, 0) is 15.3 Å². The summed E-state index contributed by atoms with van der Waals surface area (Å²) in [6.07, 6.45) is 1.44. The van der Waals surface area contributed by atoms with E-state index < -0.39 is 0 Å². The average molecular weight is 429 g/mol. The fourth-order valence-corrected chi connectivity index (χ4v) is 4.18. The van der Waals surface area contributed by atoms with E-state index in [2.05, 4.69) is 24.4 Å². The molecule has 1 unspecified atom stereocenters. The molecule has 0 saturated carbocycles. The highest BCUT2D eigenvalue weighted by Gasteiger charge is 2.37. The van der Waals surface area contributed by atoms with Gasteiger partial charge < -0.3 is 19.7 Å². The number of amides is 2. The van der Waals surface area contributed by atoms with Crippen LogP contribution in [0.4, 0.5) is 0 Å². The van der Waals surface area contributed by atoms with Gasteiger partial charge in [-0.3, -0.25) is 9.59 Å². The summed E-state index contributed by atoms with van der Waals surface area (Å²) in [6, 6.07) is 17.6. The molecule has 1 saturated heterocycles. The molecule has 1 aliphatic rings. The molecule has 30 heavy (non-hydrogen) atoms. The van der Waals surface area contributed by atoms with Crippen molar-refractivity contribution < 1.29 is 19.1 Å². The molecule has 0 aromatic heterocycles. The van der Waals surface area contributed by atoms with Crippen LogP contribution in [0.2, 0.25) is 0 Å². The van der Waals surface area contributed by atoms with Crippen molar-refractivity contribution in [2.75, 3.05) is 26.3 Å². The zero-order valence-electron chi connectivity index (χ0n) is 17.2. The van der Waals surface area contributed by atoms with Gasteiger partial charge in [0.25, 0.3) is 0 Å². The topological polar surface area (TPSA) is 67.9 Å². The average Bonchev–Trinajstić information content (AvgIpc) is 2.77. The molecule has 2 aromatic carbocycles. The number of carbonyl (C=O) groups excluding carboxylic acids is 2. The number of ether oxygens (including phenoxy) is 2. The van der Waals surface area contributed by atoms with Crippen LogP contribution in [0.15, 0.2) is 54.6 Å². The van der Waals surface area contributed by atoms with Gasteiger partial charge in [0.1, 0.15) is 24.7 Å². The van der Waals surface area contributed by atoms with E-state index in [0.717, 1.165) is 17.9 Å². The van der Waals surface area contributed by atoms with Crippen LogP contribution in [-0.4, -0.2) is 48.4 Å². The van der Waals surface area contributed by atoms with Crippen LogP contribution in [0.3, 0.4) is 0 Å². The lowest BCUT2D eigenvalue weighted by atomic mass is 10.2. The van der Waals surface area contributed by atoms with E-state index >= 15 is 0 Å². The van der Waals surface area contributed by atoms with Crippen molar-refractivity contribution in [3.05, 3.63) is 60.2 Å². The molecule has 6 nitrogen and oxygen atoms in total. The molecule has 0 aliphatic carbocycles. The SMILES string of the molecule is CCCOc1cccc(OCCNC(=O)CN2C(=O)CC2SCc2ccccc2)c1. The fraction of sp³-hybridized carbons (Fsp3) is 0.391. The Kier molecular flexibility index (Phi) is 8.44. The maximum atomic E-state index is 12.2. The van der Waals surface area contributed by atoms with Gasteiger partial charge in [-0.1, -0.05) is 43.3 Å². The lowest BCUT2D eigenvalue weighted by Crippen LogP contribution is -2.54. The van der Waals surface area contributed by atoms with Gasteiger partial charge in [0.05, 0.1) is 24.9 Å². The van der Waals surface area contributed by atoms with Crippen LogP contribution >= 0.6 is 11.8 Å². The monoisotopic (exact) mass is 428 g/mol. The van der Waals surface area contributed by atoms with Crippen molar-refractivity contribution in [3.8, 4) is 11.5 Å². The number of nitrogens with zero attached hydrogens (tertiary/aromatic N) is 1. The van der Waals surface area contributed by atoms with E-state index in [9.17, 15) is 9.59 Å². The number of hydrogen-bond acceptors (Lipinski definition) is 5. The van der Waals surface area contributed by atoms with Crippen LogP contribution in [0.1, 0.15) is 25.3 Å². The van der Waals surface area contributed by atoms with Gasteiger partial charge in [0.15, 0.2) is 0 Å². The third kappa shape index (κ3) is 6.69. The molecular formula is C23H28N2O4S. The first-order valence-corrected chi connectivity index (χ1v) is 11.3. The van der Waals surface area contributed by atoms with E-state index in [-0.39, 0.29) is 23.7 Å². The van der Waals surface area contributed by atoms with E-state index in [1.165, 1.54) is 5.56 Å². The normalized spacial score (nSPS) is 15.4. The Balaban J connectivity index is 1.34. The van der Waals surface area contributed by atoms with Gasteiger partial charge in [0.2, 0.25) is 11.8 Å². The summed E-state index contributed by atoms with van der Waals surface area (Å²) in [4.78, 5) is 25.7. The van der Waals surface area contributed by atoms with Crippen LogP contribution in [0.5, 0.6) is 11.5 Å².